The van der Waals surface area contributed by atoms with Crippen molar-refractivity contribution in [2.24, 2.45) is 5.92 Å². The van der Waals surface area contributed by atoms with E-state index in [-0.39, 0.29) is 0 Å². The molecule has 100 valence electrons. The summed E-state index contributed by atoms with van der Waals surface area (Å²) < 4.78 is 5.29. The van der Waals surface area contributed by atoms with Crippen LogP contribution in [-0.2, 0) is 6.42 Å². The van der Waals surface area contributed by atoms with Gasteiger partial charge in [0, 0.05) is 5.56 Å². The van der Waals surface area contributed by atoms with E-state index in [1.165, 1.54) is 11.9 Å². The molecule has 0 saturated heterocycles. The van der Waals surface area contributed by atoms with Crippen LogP contribution in [0.25, 0.3) is 11.3 Å². The van der Waals surface area contributed by atoms with E-state index in [9.17, 15) is 0 Å². The normalized spacial score (nSPS) is 10.8. The van der Waals surface area contributed by atoms with Crippen molar-refractivity contribution in [2.45, 2.75) is 20.3 Å². The van der Waals surface area contributed by atoms with E-state index in [1.807, 2.05) is 12.1 Å². The molecule has 0 saturated carbocycles. The molecule has 2 aromatic rings. The Morgan fingerprint density at radius 2 is 2.05 bits per heavy atom. The van der Waals surface area contributed by atoms with Gasteiger partial charge in [0.2, 0.25) is 0 Å². The molecule has 2 rings (SSSR count). The highest BCUT2D eigenvalue weighted by molar-refractivity contribution is 6.31. The Morgan fingerprint density at radius 1 is 1.26 bits per heavy atom. The first-order valence-electron chi connectivity index (χ1n) is 6.25. The standard InChI is InChI=1S/C15H17ClN2O/c1-10(2)7-11-5-4-6-12(8-11)13-14(19-3)15(16)18-9-17-13/h4-6,8-10H,7H2,1-3H3. The average molecular weight is 277 g/mol. The molecule has 0 unspecified atom stereocenters. The van der Waals surface area contributed by atoms with E-state index in [4.69, 9.17) is 16.3 Å². The van der Waals surface area contributed by atoms with Crippen LogP contribution in [0.4, 0.5) is 0 Å². The van der Waals surface area contributed by atoms with Crippen molar-refractivity contribution in [3.05, 3.63) is 41.3 Å². The number of aromatic nitrogens is 2. The van der Waals surface area contributed by atoms with Gasteiger partial charge in [-0.1, -0.05) is 43.6 Å². The largest absolute Gasteiger partial charge is 0.491 e. The van der Waals surface area contributed by atoms with Crippen LogP contribution in [0.1, 0.15) is 19.4 Å². The van der Waals surface area contributed by atoms with Gasteiger partial charge in [-0.05, 0) is 24.0 Å². The Hall–Kier alpha value is -1.61. The molecule has 4 heteroatoms. The van der Waals surface area contributed by atoms with Gasteiger partial charge in [0.05, 0.1) is 7.11 Å². The molecular weight excluding hydrogens is 260 g/mol. The van der Waals surface area contributed by atoms with Crippen LogP contribution in [0, 0.1) is 5.92 Å². The summed E-state index contributed by atoms with van der Waals surface area (Å²) in [5, 5.41) is 0.335. The number of nitrogens with zero attached hydrogens (tertiary/aromatic N) is 2. The topological polar surface area (TPSA) is 35.0 Å². The highest BCUT2D eigenvalue weighted by atomic mass is 35.5. The summed E-state index contributed by atoms with van der Waals surface area (Å²) in [6.07, 6.45) is 2.49. The van der Waals surface area contributed by atoms with Crippen LogP contribution in [0.2, 0.25) is 5.15 Å². The van der Waals surface area contributed by atoms with Crippen molar-refractivity contribution in [1.82, 2.24) is 9.97 Å². The molecule has 0 aliphatic rings. The molecule has 1 aromatic heterocycles. The highest BCUT2D eigenvalue weighted by Gasteiger charge is 2.12. The molecule has 0 amide bonds. The summed E-state index contributed by atoms with van der Waals surface area (Å²) in [5.74, 6) is 1.14. The van der Waals surface area contributed by atoms with Crippen molar-refractivity contribution in [2.75, 3.05) is 7.11 Å². The maximum absolute atomic E-state index is 6.03. The number of methoxy groups -OCH3 is 1. The quantitative estimate of drug-likeness (QED) is 0.792. The fourth-order valence-electron chi connectivity index (χ4n) is 2.06. The number of rotatable bonds is 4. The monoisotopic (exact) mass is 276 g/mol. The van der Waals surface area contributed by atoms with Crippen LogP contribution < -0.4 is 4.74 Å². The van der Waals surface area contributed by atoms with Crippen LogP contribution in [0.5, 0.6) is 5.75 Å². The van der Waals surface area contributed by atoms with Crippen molar-refractivity contribution >= 4 is 11.6 Å². The molecule has 19 heavy (non-hydrogen) atoms. The first kappa shape index (κ1) is 13.8. The minimum atomic E-state index is 0.335. The van der Waals surface area contributed by atoms with Gasteiger partial charge in [0.15, 0.2) is 10.9 Å². The first-order chi connectivity index (χ1) is 9.11. The maximum Gasteiger partial charge on any atom is 0.182 e. The Kier molecular flexibility index (Phi) is 4.38. The lowest BCUT2D eigenvalue weighted by atomic mass is 10.00. The van der Waals surface area contributed by atoms with Gasteiger partial charge in [-0.3, -0.25) is 0 Å². The fourth-order valence-corrected chi connectivity index (χ4v) is 2.27. The van der Waals surface area contributed by atoms with Crippen LogP contribution in [-0.4, -0.2) is 17.1 Å². The zero-order valence-electron chi connectivity index (χ0n) is 11.4. The molecule has 0 atom stereocenters. The third kappa shape index (κ3) is 3.24. The molecule has 1 heterocycles. The molecule has 0 aliphatic heterocycles. The van der Waals surface area contributed by atoms with E-state index in [0.29, 0.717) is 16.8 Å². The molecule has 3 nitrogen and oxygen atoms in total. The predicted octanol–water partition coefficient (Wildman–Crippen LogP) is 4.00. The van der Waals surface area contributed by atoms with Crippen molar-refractivity contribution in [3.63, 3.8) is 0 Å². The van der Waals surface area contributed by atoms with E-state index in [0.717, 1.165) is 17.7 Å². The fraction of sp³-hybridized carbons (Fsp3) is 0.333. The molecule has 0 fully saturated rings. The number of halogens is 1. The van der Waals surface area contributed by atoms with Crippen molar-refractivity contribution < 1.29 is 4.74 Å². The second-order valence-electron chi connectivity index (χ2n) is 4.84. The van der Waals surface area contributed by atoms with Crippen molar-refractivity contribution in [3.8, 4) is 17.0 Å². The summed E-state index contributed by atoms with van der Waals surface area (Å²) in [5.41, 5.74) is 3.01. The zero-order valence-corrected chi connectivity index (χ0v) is 12.1. The predicted molar refractivity (Wildman–Crippen MR) is 77.6 cm³/mol. The van der Waals surface area contributed by atoms with E-state index < -0.39 is 0 Å². The Balaban J connectivity index is 2.44. The zero-order chi connectivity index (χ0) is 13.8. The van der Waals surface area contributed by atoms with E-state index >= 15 is 0 Å². The smallest absolute Gasteiger partial charge is 0.182 e. The number of hydrogen-bond acceptors (Lipinski definition) is 3. The molecule has 0 bridgehead atoms. The molecule has 0 spiro atoms. The molecular formula is C15H17ClN2O. The van der Waals surface area contributed by atoms with Gasteiger partial charge in [-0.25, -0.2) is 9.97 Å². The van der Waals surface area contributed by atoms with Crippen molar-refractivity contribution in [1.29, 1.82) is 0 Å². The van der Waals surface area contributed by atoms with Gasteiger partial charge in [0.25, 0.3) is 0 Å². The average Bonchev–Trinajstić information content (AvgIpc) is 2.38. The first-order valence-corrected chi connectivity index (χ1v) is 6.63. The van der Waals surface area contributed by atoms with Gasteiger partial charge >= 0.3 is 0 Å². The number of benzene rings is 1. The lowest BCUT2D eigenvalue weighted by Gasteiger charge is -2.10. The molecule has 0 radical (unpaired) electrons. The summed E-state index contributed by atoms with van der Waals surface area (Å²) in [4.78, 5) is 8.22. The lowest BCUT2D eigenvalue weighted by Crippen LogP contribution is -1.97. The summed E-state index contributed by atoms with van der Waals surface area (Å²) in [7, 11) is 1.58. The molecule has 0 aliphatic carbocycles. The van der Waals surface area contributed by atoms with E-state index in [1.54, 1.807) is 7.11 Å². The lowest BCUT2D eigenvalue weighted by molar-refractivity contribution is 0.413. The highest BCUT2D eigenvalue weighted by Crippen LogP contribution is 2.32. The Morgan fingerprint density at radius 3 is 2.74 bits per heavy atom. The Bertz CT molecular complexity index is 570. The second kappa shape index (κ2) is 6.02. The minimum Gasteiger partial charge on any atom is -0.491 e. The third-order valence-electron chi connectivity index (χ3n) is 2.81. The summed E-state index contributed by atoms with van der Waals surface area (Å²) in [6, 6.07) is 8.29. The van der Waals surface area contributed by atoms with E-state index in [2.05, 4.69) is 35.9 Å². The summed E-state index contributed by atoms with van der Waals surface area (Å²) >= 11 is 6.03. The summed E-state index contributed by atoms with van der Waals surface area (Å²) in [6.45, 7) is 4.41. The number of hydrogen-bond donors (Lipinski definition) is 0. The third-order valence-corrected chi connectivity index (χ3v) is 3.08. The minimum absolute atomic E-state index is 0.335. The number of ether oxygens (including phenoxy) is 1. The SMILES string of the molecule is COc1c(Cl)ncnc1-c1cccc(CC(C)C)c1. The van der Waals surface area contributed by atoms with Gasteiger partial charge in [-0.15, -0.1) is 0 Å². The molecule has 1 aromatic carbocycles. The van der Waals surface area contributed by atoms with Gasteiger partial charge in [0.1, 0.15) is 12.0 Å². The Labute approximate surface area is 118 Å². The molecule has 0 N–H and O–H groups in total. The maximum atomic E-state index is 6.03. The van der Waals surface area contributed by atoms with Crippen LogP contribution >= 0.6 is 11.6 Å². The van der Waals surface area contributed by atoms with Crippen LogP contribution in [0.15, 0.2) is 30.6 Å². The second-order valence-corrected chi connectivity index (χ2v) is 5.20. The van der Waals surface area contributed by atoms with Crippen LogP contribution in [0.3, 0.4) is 0 Å². The van der Waals surface area contributed by atoms with Gasteiger partial charge < -0.3 is 4.74 Å². The van der Waals surface area contributed by atoms with Gasteiger partial charge in [-0.2, -0.15) is 0 Å².